The van der Waals surface area contributed by atoms with Gasteiger partial charge in [0.05, 0.1) is 6.26 Å². The molecule has 2 N–H and O–H groups in total. The molecule has 0 unspecified atom stereocenters. The molecule has 2 aromatic rings. The fourth-order valence-corrected chi connectivity index (χ4v) is 1.30. The lowest BCUT2D eigenvalue weighted by Crippen LogP contribution is -1.93. The van der Waals surface area contributed by atoms with Crippen molar-refractivity contribution in [3.8, 4) is 0 Å². The van der Waals surface area contributed by atoms with E-state index >= 15 is 0 Å². The zero-order valence-corrected chi connectivity index (χ0v) is 7.23. The highest BCUT2D eigenvalue weighted by atomic mass is 16.3. The van der Waals surface area contributed by atoms with Crippen LogP contribution in [0.25, 0.3) is 0 Å². The Morgan fingerprint density at radius 2 is 1.92 bits per heavy atom. The molecule has 1 aromatic heterocycles. The molecular weight excluding hydrogens is 162 g/mol. The molecule has 1 aromatic carbocycles. The third-order valence-corrected chi connectivity index (χ3v) is 2.00. The normalized spacial score (nSPS) is 10.2. The summed E-state index contributed by atoms with van der Waals surface area (Å²) in [6.07, 6.45) is 2.44. The third-order valence-electron chi connectivity index (χ3n) is 2.00. The maximum absolute atomic E-state index is 5.80. The Hall–Kier alpha value is -1.70. The molecule has 66 valence electrons. The van der Waals surface area contributed by atoms with E-state index in [9.17, 15) is 0 Å². The van der Waals surface area contributed by atoms with Gasteiger partial charge in [0.1, 0.15) is 5.76 Å². The Morgan fingerprint density at radius 1 is 1.08 bits per heavy atom. The van der Waals surface area contributed by atoms with Crippen LogP contribution in [0.5, 0.6) is 0 Å². The van der Waals surface area contributed by atoms with Gasteiger partial charge < -0.3 is 10.2 Å². The fraction of sp³-hybridized carbons (Fsp3) is 0.0909. The minimum Gasteiger partial charge on any atom is -0.469 e. The van der Waals surface area contributed by atoms with Gasteiger partial charge in [-0.1, -0.05) is 18.2 Å². The molecule has 13 heavy (non-hydrogen) atoms. The summed E-state index contributed by atoms with van der Waals surface area (Å²) in [5, 5.41) is 0. The predicted molar refractivity (Wildman–Crippen MR) is 52.4 cm³/mol. The van der Waals surface area contributed by atoms with Crippen molar-refractivity contribution in [3.63, 3.8) is 0 Å². The Kier molecular flexibility index (Phi) is 2.04. The lowest BCUT2D eigenvalue weighted by molar-refractivity contribution is 0.521. The average Bonchev–Trinajstić information content (AvgIpc) is 2.61. The van der Waals surface area contributed by atoms with Crippen LogP contribution in [0.3, 0.4) is 0 Å². The molecule has 0 fully saturated rings. The molecule has 0 aliphatic heterocycles. The first-order valence-corrected chi connectivity index (χ1v) is 4.22. The predicted octanol–water partition coefficient (Wildman–Crippen LogP) is 2.45. The fourth-order valence-electron chi connectivity index (χ4n) is 1.30. The van der Waals surface area contributed by atoms with Crippen LogP contribution >= 0.6 is 0 Å². The summed E-state index contributed by atoms with van der Waals surface area (Å²) in [6.45, 7) is 0. The zero-order chi connectivity index (χ0) is 9.10. The van der Waals surface area contributed by atoms with E-state index in [0.717, 1.165) is 23.4 Å². The van der Waals surface area contributed by atoms with Crippen molar-refractivity contribution in [1.82, 2.24) is 0 Å². The van der Waals surface area contributed by atoms with Gasteiger partial charge in [-0.15, -0.1) is 0 Å². The third kappa shape index (κ3) is 1.72. The smallest absolute Gasteiger partial charge is 0.108 e. The highest BCUT2D eigenvalue weighted by Crippen LogP contribution is 2.15. The van der Waals surface area contributed by atoms with Crippen molar-refractivity contribution in [2.75, 3.05) is 5.73 Å². The van der Waals surface area contributed by atoms with E-state index in [1.54, 1.807) is 6.26 Å². The molecule has 1 heterocycles. The molecule has 0 amide bonds. The standard InChI is InChI=1S/C11H11NO/c12-11-6-2-1-4-9(11)8-10-5-3-7-13-10/h1-7H,8,12H2. The Labute approximate surface area is 77.0 Å². The monoisotopic (exact) mass is 173 g/mol. The van der Waals surface area contributed by atoms with E-state index in [1.807, 2.05) is 36.4 Å². The molecule has 2 rings (SSSR count). The Balaban J connectivity index is 2.24. The van der Waals surface area contributed by atoms with Gasteiger partial charge in [0, 0.05) is 12.1 Å². The minimum atomic E-state index is 0.764. The average molecular weight is 173 g/mol. The second-order valence-electron chi connectivity index (χ2n) is 2.95. The number of furan rings is 1. The van der Waals surface area contributed by atoms with Gasteiger partial charge in [-0.3, -0.25) is 0 Å². The second-order valence-corrected chi connectivity index (χ2v) is 2.95. The van der Waals surface area contributed by atoms with Gasteiger partial charge in [0.2, 0.25) is 0 Å². The van der Waals surface area contributed by atoms with Crippen LogP contribution in [0, 0.1) is 0 Å². The molecule has 0 spiro atoms. The summed E-state index contributed by atoms with van der Waals surface area (Å²) in [6, 6.07) is 11.7. The van der Waals surface area contributed by atoms with Crippen LogP contribution in [0.2, 0.25) is 0 Å². The number of nitrogen functional groups attached to an aromatic ring is 1. The van der Waals surface area contributed by atoms with E-state index in [4.69, 9.17) is 10.2 Å². The molecule has 0 bridgehead atoms. The van der Waals surface area contributed by atoms with Gasteiger partial charge in [0.15, 0.2) is 0 Å². The van der Waals surface area contributed by atoms with Gasteiger partial charge in [-0.25, -0.2) is 0 Å². The molecule has 2 heteroatoms. The van der Waals surface area contributed by atoms with Gasteiger partial charge in [0.25, 0.3) is 0 Å². The maximum Gasteiger partial charge on any atom is 0.108 e. The van der Waals surface area contributed by atoms with Crippen molar-refractivity contribution in [3.05, 3.63) is 54.0 Å². The van der Waals surface area contributed by atoms with Crippen LogP contribution < -0.4 is 5.73 Å². The van der Waals surface area contributed by atoms with Crippen molar-refractivity contribution in [2.45, 2.75) is 6.42 Å². The largest absolute Gasteiger partial charge is 0.469 e. The molecule has 0 radical (unpaired) electrons. The van der Waals surface area contributed by atoms with Gasteiger partial charge in [-0.05, 0) is 23.8 Å². The van der Waals surface area contributed by atoms with Gasteiger partial charge in [-0.2, -0.15) is 0 Å². The summed E-state index contributed by atoms with van der Waals surface area (Å²) in [5.74, 6) is 0.943. The van der Waals surface area contributed by atoms with E-state index in [1.165, 1.54) is 0 Å². The van der Waals surface area contributed by atoms with Crippen molar-refractivity contribution < 1.29 is 4.42 Å². The van der Waals surface area contributed by atoms with Crippen LogP contribution in [-0.4, -0.2) is 0 Å². The first-order valence-electron chi connectivity index (χ1n) is 4.22. The summed E-state index contributed by atoms with van der Waals surface area (Å²) >= 11 is 0. The first kappa shape index (κ1) is 7.92. The zero-order valence-electron chi connectivity index (χ0n) is 7.23. The molecule has 2 nitrogen and oxygen atoms in total. The topological polar surface area (TPSA) is 39.2 Å². The molecule has 0 aliphatic carbocycles. The number of para-hydroxylation sites is 1. The second kappa shape index (κ2) is 3.35. The SMILES string of the molecule is Nc1ccccc1Cc1ccco1. The summed E-state index contributed by atoms with van der Waals surface area (Å²) in [7, 11) is 0. The summed E-state index contributed by atoms with van der Waals surface area (Å²) < 4.78 is 5.24. The first-order chi connectivity index (χ1) is 6.36. The minimum absolute atomic E-state index is 0.764. The van der Waals surface area contributed by atoms with Crippen molar-refractivity contribution in [2.24, 2.45) is 0 Å². The van der Waals surface area contributed by atoms with E-state index < -0.39 is 0 Å². The maximum atomic E-state index is 5.80. The number of nitrogens with two attached hydrogens (primary N) is 1. The Morgan fingerprint density at radius 3 is 2.62 bits per heavy atom. The van der Waals surface area contributed by atoms with Crippen LogP contribution in [0.15, 0.2) is 47.1 Å². The van der Waals surface area contributed by atoms with Crippen molar-refractivity contribution >= 4 is 5.69 Å². The lowest BCUT2D eigenvalue weighted by atomic mass is 10.1. The number of benzene rings is 1. The quantitative estimate of drug-likeness (QED) is 0.708. The van der Waals surface area contributed by atoms with Crippen LogP contribution in [0.1, 0.15) is 11.3 Å². The summed E-state index contributed by atoms with van der Waals surface area (Å²) in [4.78, 5) is 0. The van der Waals surface area contributed by atoms with Crippen molar-refractivity contribution in [1.29, 1.82) is 0 Å². The highest BCUT2D eigenvalue weighted by Gasteiger charge is 2.00. The van der Waals surface area contributed by atoms with Crippen LogP contribution in [0.4, 0.5) is 5.69 Å². The molecule has 0 aliphatic rings. The van der Waals surface area contributed by atoms with Gasteiger partial charge >= 0.3 is 0 Å². The highest BCUT2D eigenvalue weighted by molar-refractivity contribution is 5.47. The molecule has 0 saturated heterocycles. The van der Waals surface area contributed by atoms with E-state index in [-0.39, 0.29) is 0 Å². The molecule has 0 saturated carbocycles. The molecular formula is C11H11NO. The molecule has 0 atom stereocenters. The Bertz CT molecular complexity index is 379. The lowest BCUT2D eigenvalue weighted by Gasteiger charge is -2.01. The number of hydrogen-bond acceptors (Lipinski definition) is 2. The van der Waals surface area contributed by atoms with E-state index in [0.29, 0.717) is 0 Å². The number of hydrogen-bond donors (Lipinski definition) is 1. The number of rotatable bonds is 2. The summed E-state index contributed by atoms with van der Waals surface area (Å²) in [5.41, 5.74) is 7.72. The van der Waals surface area contributed by atoms with Crippen LogP contribution in [-0.2, 0) is 6.42 Å². The van der Waals surface area contributed by atoms with E-state index in [2.05, 4.69) is 0 Å². The number of anilines is 1.